The second kappa shape index (κ2) is 7.85. The molecule has 0 spiro atoms. The van der Waals surface area contributed by atoms with Crippen LogP contribution in [0, 0.1) is 5.92 Å². The second-order valence-electron chi connectivity index (χ2n) is 5.66. The van der Waals surface area contributed by atoms with Gasteiger partial charge in [-0.25, -0.2) is 0 Å². The van der Waals surface area contributed by atoms with Gasteiger partial charge in [0, 0.05) is 6.04 Å². The van der Waals surface area contributed by atoms with Gasteiger partial charge in [-0.1, -0.05) is 39.1 Å². The van der Waals surface area contributed by atoms with Gasteiger partial charge >= 0.3 is 0 Å². The zero-order valence-corrected chi connectivity index (χ0v) is 13.2. The molecule has 0 radical (unpaired) electrons. The number of nitrogens with one attached hydrogen (secondary N) is 1. The van der Waals surface area contributed by atoms with E-state index in [1.54, 1.807) is 11.5 Å². The van der Waals surface area contributed by atoms with Gasteiger partial charge in [0.1, 0.15) is 0 Å². The third-order valence-electron chi connectivity index (χ3n) is 3.08. The van der Waals surface area contributed by atoms with E-state index in [0.29, 0.717) is 12.0 Å². The summed E-state index contributed by atoms with van der Waals surface area (Å²) in [5, 5.41) is 7.95. The molecule has 1 atom stereocenters. The number of hydrogen-bond donors (Lipinski definition) is 1. The van der Waals surface area contributed by atoms with Crippen LogP contribution >= 0.6 is 11.5 Å². The minimum Gasteiger partial charge on any atom is -0.309 e. The van der Waals surface area contributed by atoms with E-state index in [2.05, 4.69) is 49.5 Å². The largest absolute Gasteiger partial charge is 0.309 e. The van der Waals surface area contributed by atoms with Crippen molar-refractivity contribution in [3.63, 3.8) is 0 Å². The highest BCUT2D eigenvalue weighted by molar-refractivity contribution is 7.05. The SMILES string of the molecule is CCCNC(CCC(C)C)c1snnc1C(C)C. The van der Waals surface area contributed by atoms with Gasteiger partial charge in [0.05, 0.1) is 10.6 Å². The predicted molar refractivity (Wildman–Crippen MR) is 79.1 cm³/mol. The fourth-order valence-corrected chi connectivity index (χ4v) is 2.91. The van der Waals surface area contributed by atoms with Crippen molar-refractivity contribution in [2.45, 2.75) is 65.8 Å². The van der Waals surface area contributed by atoms with Crippen molar-refractivity contribution < 1.29 is 0 Å². The Kier molecular flexibility index (Phi) is 6.79. The summed E-state index contributed by atoms with van der Waals surface area (Å²) >= 11 is 1.56. The molecular weight excluding hydrogens is 242 g/mol. The minimum atomic E-state index is 0.435. The number of aromatic nitrogens is 2. The van der Waals surface area contributed by atoms with Gasteiger partial charge in [-0.3, -0.25) is 0 Å². The summed E-state index contributed by atoms with van der Waals surface area (Å²) in [4.78, 5) is 1.35. The van der Waals surface area contributed by atoms with Crippen LogP contribution in [0.15, 0.2) is 0 Å². The molecule has 1 N–H and O–H groups in total. The van der Waals surface area contributed by atoms with Crippen molar-refractivity contribution in [2.75, 3.05) is 6.54 Å². The van der Waals surface area contributed by atoms with Gasteiger partial charge in [0.2, 0.25) is 0 Å². The molecule has 0 saturated carbocycles. The summed E-state index contributed by atoms with van der Waals surface area (Å²) < 4.78 is 4.15. The summed E-state index contributed by atoms with van der Waals surface area (Å²) in [5.41, 5.74) is 1.18. The second-order valence-corrected chi connectivity index (χ2v) is 6.44. The first-order valence-corrected chi connectivity index (χ1v) is 7.89. The zero-order valence-electron chi connectivity index (χ0n) is 12.4. The summed E-state index contributed by atoms with van der Waals surface area (Å²) in [7, 11) is 0. The number of hydrogen-bond acceptors (Lipinski definition) is 4. The average molecular weight is 269 g/mol. The summed E-state index contributed by atoms with van der Waals surface area (Å²) in [6, 6.07) is 0.435. The van der Waals surface area contributed by atoms with Crippen LogP contribution < -0.4 is 5.32 Å². The molecule has 0 aliphatic carbocycles. The maximum atomic E-state index is 4.30. The van der Waals surface area contributed by atoms with Gasteiger partial charge in [0.15, 0.2) is 0 Å². The molecule has 1 aromatic heterocycles. The van der Waals surface area contributed by atoms with E-state index in [1.165, 1.54) is 29.8 Å². The Morgan fingerprint density at radius 3 is 2.44 bits per heavy atom. The molecule has 1 rings (SSSR count). The standard InChI is InChI=1S/C14H27N3S/c1-6-9-15-12(8-7-10(2)3)14-13(11(4)5)16-17-18-14/h10-12,15H,6-9H2,1-5H3. The van der Waals surface area contributed by atoms with E-state index >= 15 is 0 Å². The lowest BCUT2D eigenvalue weighted by Crippen LogP contribution is -2.23. The first-order chi connectivity index (χ1) is 8.56. The minimum absolute atomic E-state index is 0.435. The molecule has 1 aromatic rings. The quantitative estimate of drug-likeness (QED) is 0.771. The molecule has 0 aliphatic heterocycles. The van der Waals surface area contributed by atoms with E-state index in [9.17, 15) is 0 Å². The summed E-state index contributed by atoms with van der Waals surface area (Å²) in [5.74, 6) is 1.21. The highest BCUT2D eigenvalue weighted by atomic mass is 32.1. The molecule has 0 fully saturated rings. The van der Waals surface area contributed by atoms with Crippen LogP contribution in [0.2, 0.25) is 0 Å². The Labute approximate surface area is 116 Å². The third kappa shape index (κ3) is 4.65. The number of nitrogens with zero attached hydrogens (tertiary/aromatic N) is 2. The molecule has 0 aromatic carbocycles. The number of rotatable bonds is 8. The van der Waals surface area contributed by atoms with Crippen LogP contribution in [0.5, 0.6) is 0 Å². The molecule has 1 unspecified atom stereocenters. The first-order valence-electron chi connectivity index (χ1n) is 7.11. The van der Waals surface area contributed by atoms with Gasteiger partial charge < -0.3 is 5.32 Å². The maximum Gasteiger partial charge on any atom is 0.0829 e. The lowest BCUT2D eigenvalue weighted by Gasteiger charge is -2.19. The molecule has 0 aliphatic rings. The molecule has 3 nitrogen and oxygen atoms in total. The third-order valence-corrected chi connectivity index (χ3v) is 3.93. The van der Waals surface area contributed by atoms with Crippen LogP contribution in [-0.2, 0) is 0 Å². The normalized spacial score (nSPS) is 13.5. The molecule has 18 heavy (non-hydrogen) atoms. The van der Waals surface area contributed by atoms with Crippen LogP contribution in [0.25, 0.3) is 0 Å². The summed E-state index contributed by atoms with van der Waals surface area (Å²) in [6.07, 6.45) is 3.60. The Morgan fingerprint density at radius 2 is 1.89 bits per heavy atom. The van der Waals surface area contributed by atoms with Crippen LogP contribution in [0.1, 0.15) is 76.4 Å². The monoisotopic (exact) mass is 269 g/mol. The molecule has 104 valence electrons. The van der Waals surface area contributed by atoms with Crippen molar-refractivity contribution >= 4 is 11.5 Å². The Bertz CT molecular complexity index is 334. The van der Waals surface area contributed by atoms with E-state index in [-0.39, 0.29) is 0 Å². The lowest BCUT2D eigenvalue weighted by molar-refractivity contribution is 0.442. The van der Waals surface area contributed by atoms with Crippen molar-refractivity contribution in [1.82, 2.24) is 14.9 Å². The molecule has 4 heteroatoms. The smallest absolute Gasteiger partial charge is 0.0829 e. The van der Waals surface area contributed by atoms with Crippen LogP contribution in [0.4, 0.5) is 0 Å². The Morgan fingerprint density at radius 1 is 1.17 bits per heavy atom. The van der Waals surface area contributed by atoms with Crippen molar-refractivity contribution in [3.8, 4) is 0 Å². The average Bonchev–Trinajstić information content (AvgIpc) is 2.78. The van der Waals surface area contributed by atoms with Gasteiger partial charge in [0.25, 0.3) is 0 Å². The fourth-order valence-electron chi connectivity index (χ4n) is 1.99. The van der Waals surface area contributed by atoms with E-state index in [4.69, 9.17) is 0 Å². The van der Waals surface area contributed by atoms with Gasteiger partial charge in [-0.05, 0) is 49.2 Å². The van der Waals surface area contributed by atoms with Gasteiger partial charge in [-0.15, -0.1) is 5.10 Å². The van der Waals surface area contributed by atoms with Crippen molar-refractivity contribution in [1.29, 1.82) is 0 Å². The predicted octanol–water partition coefficient (Wildman–Crippen LogP) is 4.14. The zero-order chi connectivity index (χ0) is 13.5. The van der Waals surface area contributed by atoms with Gasteiger partial charge in [-0.2, -0.15) is 0 Å². The molecule has 0 bridgehead atoms. The lowest BCUT2D eigenvalue weighted by atomic mass is 9.99. The Balaban J connectivity index is 2.76. The first kappa shape index (κ1) is 15.6. The topological polar surface area (TPSA) is 37.8 Å². The van der Waals surface area contributed by atoms with Crippen LogP contribution in [0.3, 0.4) is 0 Å². The van der Waals surface area contributed by atoms with E-state index in [1.807, 2.05) is 0 Å². The summed E-state index contributed by atoms with van der Waals surface area (Å²) in [6.45, 7) is 12.2. The van der Waals surface area contributed by atoms with Crippen molar-refractivity contribution in [2.24, 2.45) is 5.92 Å². The Hall–Kier alpha value is -0.480. The molecule has 1 heterocycles. The van der Waals surface area contributed by atoms with E-state index in [0.717, 1.165) is 12.5 Å². The molecule has 0 amide bonds. The maximum absolute atomic E-state index is 4.30. The highest BCUT2D eigenvalue weighted by Crippen LogP contribution is 2.29. The highest BCUT2D eigenvalue weighted by Gasteiger charge is 2.20. The fraction of sp³-hybridized carbons (Fsp3) is 0.857. The molecular formula is C14H27N3S. The van der Waals surface area contributed by atoms with Crippen molar-refractivity contribution in [3.05, 3.63) is 10.6 Å². The molecule has 0 saturated heterocycles. The van der Waals surface area contributed by atoms with E-state index < -0.39 is 0 Å². The van der Waals surface area contributed by atoms with Crippen LogP contribution in [-0.4, -0.2) is 16.1 Å².